The summed E-state index contributed by atoms with van der Waals surface area (Å²) in [4.78, 5) is 0. The Balaban J connectivity index is 2.99. The van der Waals surface area contributed by atoms with E-state index >= 15 is 0 Å². The average Bonchev–Trinajstić information content (AvgIpc) is 2.36. The highest BCUT2D eigenvalue weighted by Gasteiger charge is 2.07. The van der Waals surface area contributed by atoms with Crippen molar-refractivity contribution in [2.45, 2.75) is 20.3 Å². The lowest BCUT2D eigenvalue weighted by atomic mass is 10.1. The quantitative estimate of drug-likeness (QED) is 0.607. The molecule has 1 aromatic rings. The molecule has 0 radical (unpaired) electrons. The summed E-state index contributed by atoms with van der Waals surface area (Å²) in [6.07, 6.45) is 2.56. The SMILES string of the molecule is C=CC(C)=C(Oc1ccc(O)cc1)C(=C)CC. The van der Waals surface area contributed by atoms with Crippen molar-refractivity contribution in [3.8, 4) is 11.5 Å². The first-order chi connectivity index (χ1) is 8.08. The average molecular weight is 230 g/mol. The molecule has 0 unspecified atom stereocenters. The van der Waals surface area contributed by atoms with E-state index in [2.05, 4.69) is 13.2 Å². The number of ether oxygens (including phenoxy) is 1. The third-order valence-corrected chi connectivity index (χ3v) is 2.47. The molecule has 0 spiro atoms. The van der Waals surface area contributed by atoms with Crippen molar-refractivity contribution >= 4 is 0 Å². The molecule has 0 heterocycles. The molecule has 0 saturated carbocycles. The minimum Gasteiger partial charge on any atom is -0.508 e. The van der Waals surface area contributed by atoms with Crippen LogP contribution in [0.15, 0.2) is 60.4 Å². The number of rotatable bonds is 5. The van der Waals surface area contributed by atoms with Gasteiger partial charge in [-0.25, -0.2) is 0 Å². The second kappa shape index (κ2) is 5.94. The minimum atomic E-state index is 0.220. The first kappa shape index (κ1) is 13.1. The van der Waals surface area contributed by atoms with Gasteiger partial charge < -0.3 is 9.84 Å². The molecule has 0 amide bonds. The van der Waals surface area contributed by atoms with Crippen LogP contribution in [-0.4, -0.2) is 5.11 Å². The Morgan fingerprint density at radius 2 is 1.94 bits per heavy atom. The van der Waals surface area contributed by atoms with Gasteiger partial charge in [0.05, 0.1) is 0 Å². The van der Waals surface area contributed by atoms with Gasteiger partial charge in [0.2, 0.25) is 0 Å². The zero-order valence-electron chi connectivity index (χ0n) is 10.4. The Morgan fingerprint density at radius 3 is 2.41 bits per heavy atom. The Hall–Kier alpha value is -1.96. The molecule has 0 aromatic heterocycles. The van der Waals surface area contributed by atoms with Gasteiger partial charge in [-0.05, 0) is 48.8 Å². The van der Waals surface area contributed by atoms with Crippen LogP contribution in [0.4, 0.5) is 0 Å². The molecule has 0 aliphatic carbocycles. The van der Waals surface area contributed by atoms with Crippen LogP contribution in [0.2, 0.25) is 0 Å². The fourth-order valence-electron chi connectivity index (χ4n) is 1.32. The van der Waals surface area contributed by atoms with E-state index < -0.39 is 0 Å². The number of allylic oxidation sites excluding steroid dienone is 3. The van der Waals surface area contributed by atoms with Crippen molar-refractivity contribution in [3.63, 3.8) is 0 Å². The van der Waals surface area contributed by atoms with Gasteiger partial charge in [-0.2, -0.15) is 0 Å². The normalized spacial score (nSPS) is 11.6. The first-order valence-electron chi connectivity index (χ1n) is 5.56. The summed E-state index contributed by atoms with van der Waals surface area (Å²) in [6, 6.07) is 6.61. The minimum absolute atomic E-state index is 0.220. The largest absolute Gasteiger partial charge is 0.508 e. The number of phenols is 1. The van der Waals surface area contributed by atoms with E-state index in [0.29, 0.717) is 5.75 Å². The summed E-state index contributed by atoms with van der Waals surface area (Å²) in [5, 5.41) is 9.20. The zero-order chi connectivity index (χ0) is 12.8. The van der Waals surface area contributed by atoms with E-state index in [0.717, 1.165) is 23.3 Å². The maximum absolute atomic E-state index is 9.20. The second-order valence-electron chi connectivity index (χ2n) is 3.77. The van der Waals surface area contributed by atoms with Crippen molar-refractivity contribution in [2.24, 2.45) is 0 Å². The van der Waals surface area contributed by atoms with Gasteiger partial charge in [-0.3, -0.25) is 0 Å². The Morgan fingerprint density at radius 1 is 1.35 bits per heavy atom. The molecule has 1 rings (SSSR count). The van der Waals surface area contributed by atoms with Crippen molar-refractivity contribution in [2.75, 3.05) is 0 Å². The molecule has 0 saturated heterocycles. The van der Waals surface area contributed by atoms with Crippen LogP contribution < -0.4 is 4.74 Å². The van der Waals surface area contributed by atoms with Gasteiger partial charge in [0.25, 0.3) is 0 Å². The fraction of sp³-hybridized carbons (Fsp3) is 0.200. The topological polar surface area (TPSA) is 29.5 Å². The fourth-order valence-corrected chi connectivity index (χ4v) is 1.32. The lowest BCUT2D eigenvalue weighted by Crippen LogP contribution is -2.00. The first-order valence-corrected chi connectivity index (χ1v) is 5.56. The van der Waals surface area contributed by atoms with E-state index in [9.17, 15) is 5.11 Å². The monoisotopic (exact) mass is 230 g/mol. The molecule has 1 aromatic carbocycles. The van der Waals surface area contributed by atoms with E-state index in [1.54, 1.807) is 30.3 Å². The predicted octanol–water partition coefficient (Wildman–Crippen LogP) is 4.20. The summed E-state index contributed by atoms with van der Waals surface area (Å²) < 4.78 is 5.77. The lowest BCUT2D eigenvalue weighted by Gasteiger charge is -2.13. The molecule has 0 fully saturated rings. The molecule has 0 bridgehead atoms. The van der Waals surface area contributed by atoms with Gasteiger partial charge in [-0.1, -0.05) is 26.2 Å². The maximum atomic E-state index is 9.20. The van der Waals surface area contributed by atoms with Crippen LogP contribution in [0.3, 0.4) is 0 Å². The predicted molar refractivity (Wildman–Crippen MR) is 71.1 cm³/mol. The molecule has 0 aliphatic rings. The van der Waals surface area contributed by atoms with Crippen molar-refractivity contribution in [3.05, 3.63) is 60.4 Å². The Labute approximate surface area is 103 Å². The highest BCUT2D eigenvalue weighted by atomic mass is 16.5. The number of hydrogen-bond acceptors (Lipinski definition) is 2. The summed E-state index contributed by atoms with van der Waals surface area (Å²) in [5.74, 6) is 1.64. The summed E-state index contributed by atoms with van der Waals surface area (Å²) in [6.45, 7) is 11.7. The molecule has 2 heteroatoms. The van der Waals surface area contributed by atoms with E-state index in [4.69, 9.17) is 4.74 Å². The highest BCUT2D eigenvalue weighted by molar-refractivity contribution is 5.38. The highest BCUT2D eigenvalue weighted by Crippen LogP contribution is 2.24. The van der Waals surface area contributed by atoms with Crippen LogP contribution in [0.25, 0.3) is 0 Å². The smallest absolute Gasteiger partial charge is 0.132 e. The van der Waals surface area contributed by atoms with Gasteiger partial charge in [0.15, 0.2) is 0 Å². The van der Waals surface area contributed by atoms with Crippen LogP contribution >= 0.6 is 0 Å². The number of hydrogen-bond donors (Lipinski definition) is 1. The second-order valence-corrected chi connectivity index (χ2v) is 3.77. The number of benzene rings is 1. The molecule has 0 aliphatic heterocycles. The van der Waals surface area contributed by atoms with E-state index in [1.807, 2.05) is 13.8 Å². The van der Waals surface area contributed by atoms with E-state index in [-0.39, 0.29) is 5.75 Å². The van der Waals surface area contributed by atoms with Gasteiger partial charge in [-0.15, -0.1) is 0 Å². The van der Waals surface area contributed by atoms with Crippen molar-refractivity contribution < 1.29 is 9.84 Å². The Bertz CT molecular complexity index is 438. The zero-order valence-corrected chi connectivity index (χ0v) is 10.4. The third-order valence-electron chi connectivity index (χ3n) is 2.47. The van der Waals surface area contributed by atoms with Crippen molar-refractivity contribution in [1.29, 1.82) is 0 Å². The molecule has 90 valence electrons. The molecule has 1 N–H and O–H groups in total. The summed E-state index contributed by atoms with van der Waals surface area (Å²) >= 11 is 0. The number of phenolic OH excluding ortho intramolecular Hbond substituents is 1. The van der Waals surface area contributed by atoms with Gasteiger partial charge in [0, 0.05) is 0 Å². The standard InChI is InChI=1S/C15H18O2/c1-5-11(3)15(12(4)6-2)17-14-9-7-13(16)8-10-14/h5,7-10,16H,1,4,6H2,2-3H3. The molecule has 17 heavy (non-hydrogen) atoms. The molecular weight excluding hydrogens is 212 g/mol. The van der Waals surface area contributed by atoms with Gasteiger partial charge in [0.1, 0.15) is 17.3 Å². The lowest BCUT2D eigenvalue weighted by molar-refractivity contribution is 0.425. The molecule has 0 atom stereocenters. The Kier molecular flexibility index (Phi) is 4.58. The summed E-state index contributed by atoms with van der Waals surface area (Å²) in [7, 11) is 0. The third kappa shape index (κ3) is 3.52. The van der Waals surface area contributed by atoms with Crippen LogP contribution in [0, 0.1) is 0 Å². The van der Waals surface area contributed by atoms with Crippen LogP contribution in [0.1, 0.15) is 20.3 Å². The van der Waals surface area contributed by atoms with Crippen LogP contribution in [0.5, 0.6) is 11.5 Å². The molecule has 2 nitrogen and oxygen atoms in total. The maximum Gasteiger partial charge on any atom is 0.132 e. The summed E-state index contributed by atoms with van der Waals surface area (Å²) in [5.41, 5.74) is 1.88. The molecular formula is C15H18O2. The van der Waals surface area contributed by atoms with E-state index in [1.165, 1.54) is 0 Å². The van der Waals surface area contributed by atoms with Crippen LogP contribution in [-0.2, 0) is 0 Å². The number of aromatic hydroxyl groups is 1. The van der Waals surface area contributed by atoms with Gasteiger partial charge >= 0.3 is 0 Å². The van der Waals surface area contributed by atoms with Crippen molar-refractivity contribution in [1.82, 2.24) is 0 Å².